The maximum atomic E-state index is 13.5. The zero-order valence-electron chi connectivity index (χ0n) is 19.3. The van der Waals surface area contributed by atoms with Gasteiger partial charge in [0.1, 0.15) is 5.82 Å². The first-order valence-corrected chi connectivity index (χ1v) is 11.7. The summed E-state index contributed by atoms with van der Waals surface area (Å²) in [7, 11) is 0. The van der Waals surface area contributed by atoms with Crippen LogP contribution < -0.4 is 5.32 Å². The van der Waals surface area contributed by atoms with Crippen molar-refractivity contribution in [2.45, 2.75) is 19.8 Å². The largest absolute Gasteiger partial charge is 0.354 e. The Kier molecular flexibility index (Phi) is 6.23. The van der Waals surface area contributed by atoms with Crippen molar-refractivity contribution >= 4 is 28.4 Å². The molecule has 3 heterocycles. The minimum Gasteiger partial charge on any atom is -0.354 e. The molecule has 1 aliphatic heterocycles. The van der Waals surface area contributed by atoms with Gasteiger partial charge in [0.05, 0.1) is 17.8 Å². The van der Waals surface area contributed by atoms with Crippen LogP contribution in [0.1, 0.15) is 28.8 Å². The molecule has 1 aliphatic rings. The SMILES string of the molecule is Cc1ccc(NC(=O)C2CCN(CC(=O)c3c(-c4ccccc4)[nH]c4ccccc34)CC2)nc1. The lowest BCUT2D eigenvalue weighted by molar-refractivity contribution is -0.121. The molecule has 6 nitrogen and oxygen atoms in total. The Bertz CT molecular complexity index is 1300. The van der Waals surface area contributed by atoms with Crippen LogP contribution in [-0.4, -0.2) is 46.2 Å². The second-order valence-electron chi connectivity index (χ2n) is 8.97. The van der Waals surface area contributed by atoms with E-state index in [-0.39, 0.29) is 17.6 Å². The van der Waals surface area contributed by atoms with E-state index in [1.165, 1.54) is 0 Å². The van der Waals surface area contributed by atoms with Crippen LogP contribution in [0.15, 0.2) is 72.9 Å². The third kappa shape index (κ3) is 4.63. The molecule has 1 saturated heterocycles. The number of nitrogens with zero attached hydrogens (tertiary/aromatic N) is 2. The molecule has 0 saturated carbocycles. The number of amides is 1. The number of ketones is 1. The molecule has 0 atom stereocenters. The molecule has 1 fully saturated rings. The molecule has 2 aromatic heterocycles. The van der Waals surface area contributed by atoms with E-state index in [4.69, 9.17) is 0 Å². The first kappa shape index (κ1) is 22.0. The average Bonchev–Trinajstić information content (AvgIpc) is 3.26. The molecule has 0 unspecified atom stereocenters. The molecule has 0 radical (unpaired) electrons. The van der Waals surface area contributed by atoms with Gasteiger partial charge in [0.25, 0.3) is 0 Å². The summed E-state index contributed by atoms with van der Waals surface area (Å²) in [5.74, 6) is 0.622. The lowest BCUT2D eigenvalue weighted by atomic mass is 9.95. The van der Waals surface area contributed by atoms with Crippen molar-refractivity contribution in [1.82, 2.24) is 14.9 Å². The number of carbonyl (C=O) groups excluding carboxylic acids is 2. The molecule has 5 rings (SSSR count). The second-order valence-corrected chi connectivity index (χ2v) is 8.97. The first-order chi connectivity index (χ1) is 16.6. The highest BCUT2D eigenvalue weighted by Crippen LogP contribution is 2.31. The lowest BCUT2D eigenvalue weighted by Crippen LogP contribution is -2.40. The van der Waals surface area contributed by atoms with Crippen molar-refractivity contribution in [3.63, 3.8) is 0 Å². The topological polar surface area (TPSA) is 78.1 Å². The predicted octanol–water partition coefficient (Wildman–Crippen LogP) is 5.07. The van der Waals surface area contributed by atoms with Gasteiger partial charge in [-0.1, -0.05) is 54.6 Å². The van der Waals surface area contributed by atoms with Crippen LogP contribution in [0.5, 0.6) is 0 Å². The van der Waals surface area contributed by atoms with Crippen LogP contribution in [0.25, 0.3) is 22.2 Å². The Morgan fingerprint density at radius 2 is 1.74 bits per heavy atom. The molecule has 172 valence electrons. The minimum absolute atomic E-state index is 0.00493. The van der Waals surface area contributed by atoms with E-state index in [2.05, 4.69) is 20.2 Å². The number of para-hydroxylation sites is 1. The van der Waals surface area contributed by atoms with Gasteiger partial charge < -0.3 is 10.3 Å². The van der Waals surface area contributed by atoms with Gasteiger partial charge in [-0.2, -0.15) is 0 Å². The normalized spacial score (nSPS) is 14.9. The molecule has 0 spiro atoms. The maximum absolute atomic E-state index is 13.5. The number of piperidine rings is 1. The van der Waals surface area contributed by atoms with Crippen LogP contribution in [-0.2, 0) is 4.79 Å². The molecule has 1 amide bonds. The zero-order valence-corrected chi connectivity index (χ0v) is 19.3. The highest BCUT2D eigenvalue weighted by Gasteiger charge is 2.28. The Labute approximate surface area is 199 Å². The number of hydrogen-bond donors (Lipinski definition) is 2. The number of fused-ring (bicyclic) bond motifs is 1. The predicted molar refractivity (Wildman–Crippen MR) is 135 cm³/mol. The molecule has 34 heavy (non-hydrogen) atoms. The van der Waals surface area contributed by atoms with Crippen LogP contribution in [0.3, 0.4) is 0 Å². The molecule has 2 N–H and O–H groups in total. The van der Waals surface area contributed by atoms with Crippen molar-refractivity contribution < 1.29 is 9.59 Å². The van der Waals surface area contributed by atoms with E-state index >= 15 is 0 Å². The summed E-state index contributed by atoms with van der Waals surface area (Å²) in [5, 5.41) is 3.87. The molecular weight excluding hydrogens is 424 g/mol. The zero-order chi connectivity index (χ0) is 23.5. The van der Waals surface area contributed by atoms with E-state index in [0.717, 1.165) is 46.1 Å². The summed E-state index contributed by atoms with van der Waals surface area (Å²) in [6.45, 7) is 3.74. The van der Waals surface area contributed by atoms with Gasteiger partial charge in [0, 0.05) is 23.0 Å². The third-order valence-corrected chi connectivity index (χ3v) is 6.54. The standard InChI is InChI=1S/C28H28N4O2/c1-19-11-12-25(29-17-19)31-28(34)21-13-15-32(16-14-21)18-24(33)26-22-9-5-6-10-23(22)30-27(26)20-7-3-2-4-8-20/h2-12,17,21,30H,13-16,18H2,1H3,(H,29,31,34). The van der Waals surface area contributed by atoms with E-state index in [0.29, 0.717) is 25.5 Å². The van der Waals surface area contributed by atoms with Gasteiger partial charge in [0.15, 0.2) is 5.78 Å². The number of rotatable bonds is 6. The maximum Gasteiger partial charge on any atom is 0.228 e. The molecular formula is C28H28N4O2. The van der Waals surface area contributed by atoms with Gasteiger partial charge in [-0.05, 0) is 56.1 Å². The number of Topliss-reactive ketones (excluding diaryl/α,β-unsaturated/α-hetero) is 1. The fourth-order valence-corrected chi connectivity index (χ4v) is 4.66. The molecule has 6 heteroatoms. The van der Waals surface area contributed by atoms with Crippen molar-refractivity contribution in [2.24, 2.45) is 5.92 Å². The number of H-pyrrole nitrogens is 1. The van der Waals surface area contributed by atoms with E-state index in [1.54, 1.807) is 6.20 Å². The van der Waals surface area contributed by atoms with Crippen LogP contribution in [0.2, 0.25) is 0 Å². The van der Waals surface area contributed by atoms with Crippen molar-refractivity contribution in [3.05, 3.63) is 84.1 Å². The monoisotopic (exact) mass is 452 g/mol. The summed E-state index contributed by atoms with van der Waals surface area (Å²) in [5.41, 5.74) is 4.63. The van der Waals surface area contributed by atoms with Gasteiger partial charge in [0.2, 0.25) is 5.91 Å². The number of nitrogens with one attached hydrogen (secondary N) is 2. The number of hydrogen-bond acceptors (Lipinski definition) is 4. The minimum atomic E-state index is -0.0672. The number of benzene rings is 2. The van der Waals surface area contributed by atoms with Crippen molar-refractivity contribution in [1.29, 1.82) is 0 Å². The fraction of sp³-hybridized carbons (Fsp3) is 0.250. The second kappa shape index (κ2) is 9.61. The number of pyridine rings is 1. The van der Waals surface area contributed by atoms with Crippen molar-refractivity contribution in [2.75, 3.05) is 25.0 Å². The molecule has 0 aliphatic carbocycles. The Morgan fingerprint density at radius 1 is 1.00 bits per heavy atom. The highest BCUT2D eigenvalue weighted by molar-refractivity contribution is 6.14. The summed E-state index contributed by atoms with van der Waals surface area (Å²) in [4.78, 5) is 36.1. The Balaban J connectivity index is 1.26. The number of aryl methyl sites for hydroxylation is 1. The van der Waals surface area contributed by atoms with Crippen LogP contribution in [0, 0.1) is 12.8 Å². The van der Waals surface area contributed by atoms with Gasteiger partial charge in [-0.3, -0.25) is 14.5 Å². The summed E-state index contributed by atoms with van der Waals surface area (Å²) < 4.78 is 0. The highest BCUT2D eigenvalue weighted by atomic mass is 16.2. The average molecular weight is 453 g/mol. The van der Waals surface area contributed by atoms with Crippen molar-refractivity contribution in [3.8, 4) is 11.3 Å². The number of likely N-dealkylation sites (tertiary alicyclic amines) is 1. The van der Waals surface area contributed by atoms with Gasteiger partial charge in [-0.25, -0.2) is 4.98 Å². The Hall–Kier alpha value is -3.77. The summed E-state index contributed by atoms with van der Waals surface area (Å²) in [6.07, 6.45) is 3.20. The molecule has 0 bridgehead atoms. The fourth-order valence-electron chi connectivity index (χ4n) is 4.66. The van der Waals surface area contributed by atoms with Gasteiger partial charge >= 0.3 is 0 Å². The molecule has 4 aromatic rings. The third-order valence-electron chi connectivity index (χ3n) is 6.54. The summed E-state index contributed by atoms with van der Waals surface area (Å²) in [6, 6.07) is 21.7. The summed E-state index contributed by atoms with van der Waals surface area (Å²) >= 11 is 0. The van der Waals surface area contributed by atoms with E-state index < -0.39 is 0 Å². The number of aromatic amines is 1. The number of aromatic nitrogens is 2. The smallest absolute Gasteiger partial charge is 0.228 e. The number of anilines is 1. The number of carbonyl (C=O) groups is 2. The lowest BCUT2D eigenvalue weighted by Gasteiger charge is -2.30. The molecule has 2 aromatic carbocycles. The van der Waals surface area contributed by atoms with Crippen LogP contribution in [0.4, 0.5) is 5.82 Å². The van der Waals surface area contributed by atoms with E-state index in [9.17, 15) is 9.59 Å². The first-order valence-electron chi connectivity index (χ1n) is 11.7. The Morgan fingerprint density at radius 3 is 2.47 bits per heavy atom. The van der Waals surface area contributed by atoms with E-state index in [1.807, 2.05) is 73.7 Å². The quantitative estimate of drug-likeness (QED) is 0.400. The van der Waals surface area contributed by atoms with Gasteiger partial charge in [-0.15, -0.1) is 0 Å². The van der Waals surface area contributed by atoms with Crippen LogP contribution >= 0.6 is 0 Å².